The topological polar surface area (TPSA) is 42.4 Å². The van der Waals surface area contributed by atoms with Gasteiger partial charge in [0, 0.05) is 11.8 Å². The second kappa shape index (κ2) is 4.13. The van der Waals surface area contributed by atoms with Crippen molar-refractivity contribution in [2.75, 3.05) is 7.11 Å². The molecule has 0 amide bonds. The average molecular weight is 189 g/mol. The first-order valence-electron chi connectivity index (χ1n) is 3.61. The molecular formula is C8H9F2NO2. The summed E-state index contributed by atoms with van der Waals surface area (Å²) in [7, 11) is 1.27. The molecule has 0 saturated carbocycles. The van der Waals surface area contributed by atoms with E-state index in [1.54, 1.807) is 0 Å². The van der Waals surface area contributed by atoms with Gasteiger partial charge in [0.05, 0.1) is 13.7 Å². The molecule has 5 heteroatoms. The minimum absolute atomic E-state index is 0.0417. The first-order chi connectivity index (χ1) is 6.20. The van der Waals surface area contributed by atoms with Gasteiger partial charge in [-0.1, -0.05) is 0 Å². The standard InChI is InChI=1S/C8H9F2NO2/c1-13-7-5(4-12)2-3-11-6(7)8(9)10/h2-3,8,12H,4H2,1H3. The predicted molar refractivity (Wildman–Crippen MR) is 41.7 cm³/mol. The largest absolute Gasteiger partial charge is 0.494 e. The van der Waals surface area contributed by atoms with Crippen LogP contribution < -0.4 is 4.74 Å². The van der Waals surface area contributed by atoms with Crippen molar-refractivity contribution in [3.05, 3.63) is 23.5 Å². The van der Waals surface area contributed by atoms with E-state index in [9.17, 15) is 8.78 Å². The number of alkyl halides is 2. The molecule has 0 saturated heterocycles. The minimum atomic E-state index is -2.69. The summed E-state index contributed by atoms with van der Waals surface area (Å²) in [5, 5.41) is 8.80. The molecule has 1 heterocycles. The van der Waals surface area contributed by atoms with Crippen LogP contribution in [0.5, 0.6) is 5.75 Å². The summed E-state index contributed by atoms with van der Waals surface area (Å²) in [4.78, 5) is 3.47. The van der Waals surface area contributed by atoms with Crippen LogP contribution in [0.1, 0.15) is 17.7 Å². The Bertz CT molecular complexity index is 291. The maximum atomic E-state index is 12.3. The van der Waals surface area contributed by atoms with Crippen molar-refractivity contribution >= 4 is 0 Å². The van der Waals surface area contributed by atoms with Gasteiger partial charge in [-0.05, 0) is 6.07 Å². The van der Waals surface area contributed by atoms with Gasteiger partial charge in [0.1, 0.15) is 5.69 Å². The summed E-state index contributed by atoms with van der Waals surface area (Å²) >= 11 is 0. The molecule has 3 nitrogen and oxygen atoms in total. The Balaban J connectivity index is 3.19. The minimum Gasteiger partial charge on any atom is -0.494 e. The lowest BCUT2D eigenvalue weighted by Crippen LogP contribution is -2.00. The van der Waals surface area contributed by atoms with Gasteiger partial charge in [-0.25, -0.2) is 8.78 Å². The maximum Gasteiger partial charge on any atom is 0.284 e. The fourth-order valence-corrected chi connectivity index (χ4v) is 1.02. The van der Waals surface area contributed by atoms with Crippen molar-refractivity contribution in [1.29, 1.82) is 0 Å². The van der Waals surface area contributed by atoms with E-state index in [1.807, 2.05) is 0 Å². The van der Waals surface area contributed by atoms with Gasteiger partial charge >= 0.3 is 0 Å². The highest BCUT2D eigenvalue weighted by molar-refractivity contribution is 5.37. The molecule has 0 aliphatic carbocycles. The van der Waals surface area contributed by atoms with Gasteiger partial charge in [-0.15, -0.1) is 0 Å². The molecule has 72 valence electrons. The number of pyridine rings is 1. The third-order valence-electron chi connectivity index (χ3n) is 1.59. The lowest BCUT2D eigenvalue weighted by atomic mass is 10.2. The number of hydrogen-bond donors (Lipinski definition) is 1. The zero-order chi connectivity index (χ0) is 9.84. The normalized spacial score (nSPS) is 10.5. The monoisotopic (exact) mass is 189 g/mol. The number of halogens is 2. The van der Waals surface area contributed by atoms with Crippen LogP contribution in [-0.2, 0) is 6.61 Å². The predicted octanol–water partition coefficient (Wildman–Crippen LogP) is 1.52. The van der Waals surface area contributed by atoms with Gasteiger partial charge in [-0.2, -0.15) is 0 Å². The molecule has 0 radical (unpaired) electrons. The smallest absolute Gasteiger partial charge is 0.284 e. The fraction of sp³-hybridized carbons (Fsp3) is 0.375. The van der Waals surface area contributed by atoms with Crippen molar-refractivity contribution in [3.8, 4) is 5.75 Å². The quantitative estimate of drug-likeness (QED) is 0.783. The molecule has 0 unspecified atom stereocenters. The highest BCUT2D eigenvalue weighted by Crippen LogP contribution is 2.29. The van der Waals surface area contributed by atoms with E-state index in [-0.39, 0.29) is 12.4 Å². The number of aromatic nitrogens is 1. The molecule has 0 spiro atoms. The van der Waals surface area contributed by atoms with E-state index in [0.29, 0.717) is 5.56 Å². The van der Waals surface area contributed by atoms with Crippen LogP contribution in [0.15, 0.2) is 12.3 Å². The Morgan fingerprint density at radius 3 is 2.77 bits per heavy atom. The van der Waals surface area contributed by atoms with Gasteiger partial charge in [-0.3, -0.25) is 4.98 Å². The number of nitrogens with zero attached hydrogens (tertiary/aromatic N) is 1. The van der Waals surface area contributed by atoms with Gasteiger partial charge in [0.25, 0.3) is 6.43 Å². The number of aliphatic hydroxyl groups is 1. The van der Waals surface area contributed by atoms with Crippen LogP contribution in [0, 0.1) is 0 Å². The van der Waals surface area contributed by atoms with Crippen molar-refractivity contribution < 1.29 is 18.6 Å². The molecule has 1 aromatic rings. The van der Waals surface area contributed by atoms with Gasteiger partial charge in [0.15, 0.2) is 5.75 Å². The Morgan fingerprint density at radius 1 is 1.62 bits per heavy atom. The Morgan fingerprint density at radius 2 is 2.31 bits per heavy atom. The molecule has 0 aliphatic rings. The molecular weight excluding hydrogens is 180 g/mol. The molecule has 1 rings (SSSR count). The highest BCUT2D eigenvalue weighted by Gasteiger charge is 2.17. The molecule has 0 atom stereocenters. The van der Waals surface area contributed by atoms with E-state index in [0.717, 1.165) is 0 Å². The fourth-order valence-electron chi connectivity index (χ4n) is 1.02. The molecule has 1 aromatic heterocycles. The molecule has 0 aliphatic heterocycles. The van der Waals surface area contributed by atoms with E-state index in [1.165, 1.54) is 19.4 Å². The molecule has 0 fully saturated rings. The summed E-state index contributed by atoms with van der Waals surface area (Å²) in [6, 6.07) is 1.44. The summed E-state index contributed by atoms with van der Waals surface area (Å²) in [5.41, 5.74) is -0.123. The van der Waals surface area contributed by atoms with Crippen LogP contribution in [0.2, 0.25) is 0 Å². The van der Waals surface area contributed by atoms with Crippen LogP contribution in [0.25, 0.3) is 0 Å². The summed E-state index contributed by atoms with van der Waals surface area (Å²) in [5.74, 6) is -0.0417. The zero-order valence-corrected chi connectivity index (χ0v) is 7.00. The number of aliphatic hydroxyl groups excluding tert-OH is 1. The van der Waals surface area contributed by atoms with Crippen LogP contribution in [0.3, 0.4) is 0 Å². The third kappa shape index (κ3) is 1.92. The summed E-state index contributed by atoms with van der Waals surface area (Å²) < 4.78 is 29.3. The van der Waals surface area contributed by atoms with Crippen molar-refractivity contribution in [2.24, 2.45) is 0 Å². The Hall–Kier alpha value is -1.23. The van der Waals surface area contributed by atoms with E-state index in [4.69, 9.17) is 9.84 Å². The van der Waals surface area contributed by atoms with Crippen LogP contribution >= 0.6 is 0 Å². The van der Waals surface area contributed by atoms with E-state index < -0.39 is 12.1 Å². The van der Waals surface area contributed by atoms with E-state index in [2.05, 4.69) is 4.98 Å². The Labute approximate surface area is 74.0 Å². The van der Waals surface area contributed by atoms with Gasteiger partial charge in [0.2, 0.25) is 0 Å². The zero-order valence-electron chi connectivity index (χ0n) is 7.00. The number of hydrogen-bond acceptors (Lipinski definition) is 3. The van der Waals surface area contributed by atoms with Crippen LogP contribution in [0.4, 0.5) is 8.78 Å². The third-order valence-corrected chi connectivity index (χ3v) is 1.59. The number of ether oxygens (including phenoxy) is 1. The summed E-state index contributed by atoms with van der Waals surface area (Å²) in [6.07, 6.45) is -1.48. The lowest BCUT2D eigenvalue weighted by molar-refractivity contribution is 0.140. The molecule has 13 heavy (non-hydrogen) atoms. The maximum absolute atomic E-state index is 12.3. The molecule has 0 bridgehead atoms. The number of rotatable bonds is 3. The Kier molecular flexibility index (Phi) is 3.13. The van der Waals surface area contributed by atoms with Crippen LogP contribution in [-0.4, -0.2) is 17.2 Å². The van der Waals surface area contributed by atoms with Crippen molar-refractivity contribution in [3.63, 3.8) is 0 Å². The molecule has 1 N–H and O–H groups in total. The second-order valence-electron chi connectivity index (χ2n) is 2.35. The summed E-state index contributed by atoms with van der Waals surface area (Å²) in [6.45, 7) is -0.342. The number of methoxy groups -OCH3 is 1. The molecule has 0 aromatic carbocycles. The first kappa shape index (κ1) is 9.85. The highest BCUT2D eigenvalue weighted by atomic mass is 19.3. The second-order valence-corrected chi connectivity index (χ2v) is 2.35. The van der Waals surface area contributed by atoms with Gasteiger partial charge < -0.3 is 9.84 Å². The van der Waals surface area contributed by atoms with Crippen molar-refractivity contribution in [1.82, 2.24) is 4.98 Å². The lowest BCUT2D eigenvalue weighted by Gasteiger charge is -2.09. The van der Waals surface area contributed by atoms with Crippen molar-refractivity contribution in [2.45, 2.75) is 13.0 Å². The average Bonchev–Trinajstić information content (AvgIpc) is 2.16. The SMILES string of the molecule is COc1c(CO)ccnc1C(F)F. The first-order valence-corrected chi connectivity index (χ1v) is 3.61. The van der Waals surface area contributed by atoms with E-state index >= 15 is 0 Å².